The topological polar surface area (TPSA) is 41.9 Å². The van der Waals surface area contributed by atoms with Crippen LogP contribution < -0.4 is 0 Å². The summed E-state index contributed by atoms with van der Waals surface area (Å²) in [5.41, 5.74) is 0.205. The second-order valence-corrected chi connectivity index (χ2v) is 6.56. The highest BCUT2D eigenvalue weighted by molar-refractivity contribution is 5.85. The smallest absolute Gasteiger partial charge is 0.169 e. The fourth-order valence-corrected chi connectivity index (χ4v) is 3.75. The third kappa shape index (κ3) is 3.31. The zero-order valence-electron chi connectivity index (χ0n) is 13.3. The maximum Gasteiger partial charge on any atom is 0.169 e. The van der Waals surface area contributed by atoms with Crippen LogP contribution in [0, 0.1) is 5.92 Å². The van der Waals surface area contributed by atoms with Crippen LogP contribution in [0.2, 0.25) is 0 Å². The standard InChI is InChI=1S/C17H25NO3.ClH/c1-18(2)13-15-12-16(20-10-11-21-16)8-9-17(15,19)14-6-4-3-5-7-14;/h3-7,15,19H,8-13H2,1-2H3;1H. The first-order valence-corrected chi connectivity index (χ1v) is 7.75. The average Bonchev–Trinajstić information content (AvgIpc) is 2.92. The number of hydrogen-bond donors (Lipinski definition) is 1. The molecule has 1 aromatic carbocycles. The third-order valence-electron chi connectivity index (χ3n) is 4.79. The average molecular weight is 328 g/mol. The lowest BCUT2D eigenvalue weighted by molar-refractivity contribution is -0.226. The molecule has 5 heteroatoms. The fraction of sp³-hybridized carbons (Fsp3) is 0.647. The minimum Gasteiger partial charge on any atom is -0.385 e. The van der Waals surface area contributed by atoms with E-state index in [1.54, 1.807) is 0 Å². The Kier molecular flexibility index (Phi) is 5.51. The van der Waals surface area contributed by atoms with Crippen LogP contribution >= 0.6 is 12.4 Å². The van der Waals surface area contributed by atoms with E-state index in [2.05, 4.69) is 4.90 Å². The minimum absolute atomic E-state index is 0. The van der Waals surface area contributed by atoms with Crippen molar-refractivity contribution in [3.63, 3.8) is 0 Å². The molecule has 124 valence electrons. The Bertz CT molecular complexity index is 476. The van der Waals surface area contributed by atoms with Gasteiger partial charge in [-0.05, 0) is 26.1 Å². The van der Waals surface area contributed by atoms with E-state index < -0.39 is 11.4 Å². The second-order valence-electron chi connectivity index (χ2n) is 6.56. The fourth-order valence-electron chi connectivity index (χ4n) is 3.75. The first kappa shape index (κ1) is 17.7. The van der Waals surface area contributed by atoms with E-state index in [0.717, 1.165) is 24.9 Å². The van der Waals surface area contributed by atoms with Gasteiger partial charge in [0.15, 0.2) is 5.79 Å². The molecule has 2 atom stereocenters. The Hall–Kier alpha value is -0.650. The Labute approximate surface area is 138 Å². The molecule has 1 N–H and O–H groups in total. The van der Waals surface area contributed by atoms with Crippen LogP contribution in [0.4, 0.5) is 0 Å². The molecule has 2 fully saturated rings. The quantitative estimate of drug-likeness (QED) is 0.925. The maximum absolute atomic E-state index is 11.4. The van der Waals surface area contributed by atoms with Crippen molar-refractivity contribution in [3.8, 4) is 0 Å². The Morgan fingerprint density at radius 3 is 2.36 bits per heavy atom. The van der Waals surface area contributed by atoms with E-state index in [9.17, 15) is 5.11 Å². The highest BCUT2D eigenvalue weighted by Crippen LogP contribution is 2.48. The Morgan fingerprint density at radius 2 is 1.77 bits per heavy atom. The first-order valence-electron chi connectivity index (χ1n) is 7.75. The predicted octanol–water partition coefficient (Wildman–Crippen LogP) is 2.40. The van der Waals surface area contributed by atoms with Crippen molar-refractivity contribution in [1.82, 2.24) is 4.90 Å². The summed E-state index contributed by atoms with van der Waals surface area (Å²) in [7, 11) is 4.09. The van der Waals surface area contributed by atoms with Crippen molar-refractivity contribution in [3.05, 3.63) is 35.9 Å². The molecule has 2 aliphatic rings. The minimum atomic E-state index is -0.800. The number of rotatable bonds is 3. The number of nitrogens with zero attached hydrogens (tertiary/aromatic N) is 1. The molecular weight excluding hydrogens is 302 g/mol. The summed E-state index contributed by atoms with van der Waals surface area (Å²) in [6, 6.07) is 10.0. The summed E-state index contributed by atoms with van der Waals surface area (Å²) >= 11 is 0. The van der Waals surface area contributed by atoms with Crippen LogP contribution in [0.3, 0.4) is 0 Å². The van der Waals surface area contributed by atoms with Crippen molar-refractivity contribution in [1.29, 1.82) is 0 Å². The zero-order chi connectivity index (χ0) is 14.9. The van der Waals surface area contributed by atoms with Gasteiger partial charge in [0.05, 0.1) is 18.8 Å². The summed E-state index contributed by atoms with van der Waals surface area (Å²) in [5, 5.41) is 11.4. The molecule has 3 rings (SSSR count). The van der Waals surface area contributed by atoms with Crippen molar-refractivity contribution in [2.75, 3.05) is 33.9 Å². The van der Waals surface area contributed by atoms with Crippen molar-refractivity contribution in [2.24, 2.45) is 5.92 Å². The number of ether oxygens (including phenoxy) is 2. The SMILES string of the molecule is CN(C)CC1CC2(CCC1(O)c1ccccc1)OCCO2.Cl. The molecule has 1 heterocycles. The van der Waals surface area contributed by atoms with E-state index in [0.29, 0.717) is 19.6 Å². The summed E-state index contributed by atoms with van der Waals surface area (Å²) in [5.74, 6) is -0.372. The van der Waals surface area contributed by atoms with Crippen molar-refractivity contribution < 1.29 is 14.6 Å². The van der Waals surface area contributed by atoms with Crippen LogP contribution in [-0.2, 0) is 15.1 Å². The third-order valence-corrected chi connectivity index (χ3v) is 4.79. The molecule has 2 unspecified atom stereocenters. The Morgan fingerprint density at radius 1 is 1.14 bits per heavy atom. The molecule has 0 aromatic heterocycles. The van der Waals surface area contributed by atoms with Gasteiger partial charge in [0.25, 0.3) is 0 Å². The molecule has 0 radical (unpaired) electrons. The van der Waals surface area contributed by atoms with Crippen molar-refractivity contribution in [2.45, 2.75) is 30.7 Å². The first-order chi connectivity index (χ1) is 10.0. The summed E-state index contributed by atoms with van der Waals surface area (Å²) in [6.07, 6.45) is 2.18. The van der Waals surface area contributed by atoms with E-state index in [-0.39, 0.29) is 18.3 Å². The van der Waals surface area contributed by atoms with Gasteiger partial charge in [0.1, 0.15) is 0 Å². The van der Waals surface area contributed by atoms with E-state index in [1.165, 1.54) is 0 Å². The lowest BCUT2D eigenvalue weighted by Crippen LogP contribution is -2.51. The van der Waals surface area contributed by atoms with Crippen LogP contribution in [-0.4, -0.2) is 49.6 Å². The molecule has 22 heavy (non-hydrogen) atoms. The Balaban J connectivity index is 0.00000176. The van der Waals surface area contributed by atoms with Gasteiger partial charge >= 0.3 is 0 Å². The number of halogens is 1. The van der Waals surface area contributed by atoms with E-state index >= 15 is 0 Å². The summed E-state index contributed by atoms with van der Waals surface area (Å²) in [4.78, 5) is 2.13. The van der Waals surface area contributed by atoms with E-state index in [1.807, 2.05) is 44.4 Å². The van der Waals surface area contributed by atoms with Gasteiger partial charge in [0, 0.05) is 25.3 Å². The van der Waals surface area contributed by atoms with Gasteiger partial charge in [-0.15, -0.1) is 12.4 Å². The lowest BCUT2D eigenvalue weighted by atomic mass is 9.69. The molecule has 1 spiro atoms. The normalized spacial score (nSPS) is 30.5. The highest BCUT2D eigenvalue weighted by Gasteiger charge is 2.52. The van der Waals surface area contributed by atoms with E-state index in [4.69, 9.17) is 9.47 Å². The highest BCUT2D eigenvalue weighted by atomic mass is 35.5. The van der Waals surface area contributed by atoms with Crippen LogP contribution in [0.15, 0.2) is 30.3 Å². The molecule has 0 amide bonds. The lowest BCUT2D eigenvalue weighted by Gasteiger charge is -2.47. The van der Waals surface area contributed by atoms with Gasteiger partial charge in [0.2, 0.25) is 0 Å². The molecule has 1 aliphatic carbocycles. The summed E-state index contributed by atoms with van der Waals surface area (Å²) < 4.78 is 11.7. The number of benzene rings is 1. The molecule has 1 aliphatic heterocycles. The molecule has 0 bridgehead atoms. The molecule has 1 saturated heterocycles. The van der Waals surface area contributed by atoms with Gasteiger partial charge in [-0.25, -0.2) is 0 Å². The molecule has 4 nitrogen and oxygen atoms in total. The van der Waals surface area contributed by atoms with Gasteiger partial charge in [-0.1, -0.05) is 30.3 Å². The van der Waals surface area contributed by atoms with Gasteiger partial charge < -0.3 is 19.5 Å². The van der Waals surface area contributed by atoms with Gasteiger partial charge in [-0.3, -0.25) is 0 Å². The molecule has 1 aromatic rings. The second kappa shape index (κ2) is 6.85. The van der Waals surface area contributed by atoms with Crippen molar-refractivity contribution >= 4 is 12.4 Å². The predicted molar refractivity (Wildman–Crippen MR) is 88.1 cm³/mol. The zero-order valence-corrected chi connectivity index (χ0v) is 14.1. The monoisotopic (exact) mass is 327 g/mol. The van der Waals surface area contributed by atoms with Crippen LogP contribution in [0.25, 0.3) is 0 Å². The van der Waals surface area contributed by atoms with Gasteiger partial charge in [-0.2, -0.15) is 0 Å². The number of hydrogen-bond acceptors (Lipinski definition) is 4. The number of aliphatic hydroxyl groups is 1. The molecular formula is C17H26ClNO3. The summed E-state index contributed by atoms with van der Waals surface area (Å²) in [6.45, 7) is 2.15. The van der Waals surface area contributed by atoms with Crippen LogP contribution in [0.1, 0.15) is 24.8 Å². The largest absolute Gasteiger partial charge is 0.385 e. The maximum atomic E-state index is 11.4. The molecule has 1 saturated carbocycles. The van der Waals surface area contributed by atoms with Crippen LogP contribution in [0.5, 0.6) is 0 Å².